The minimum absolute atomic E-state index is 0.137. The van der Waals surface area contributed by atoms with Gasteiger partial charge in [0.2, 0.25) is 5.91 Å². The molecule has 1 aromatic carbocycles. The third kappa shape index (κ3) is 7.84. The Bertz CT molecular complexity index is 974. The van der Waals surface area contributed by atoms with Gasteiger partial charge in [-0.15, -0.1) is 0 Å². The number of H-pyrrole nitrogens is 1. The zero-order valence-corrected chi connectivity index (χ0v) is 22.9. The Labute approximate surface area is 205 Å². The SMILES string of the molecule is CCOC(=O)/C=C/C(=O)N(CCc1c[nH]c2ccccc12)C[C@H](CC)CO[Si](C)(C)C(C)(C)C. The van der Waals surface area contributed by atoms with Gasteiger partial charge in [0.25, 0.3) is 0 Å². The number of para-hydroxylation sites is 1. The van der Waals surface area contributed by atoms with E-state index in [4.69, 9.17) is 9.16 Å². The fourth-order valence-corrected chi connectivity index (χ4v) is 4.56. The topological polar surface area (TPSA) is 71.6 Å². The molecule has 34 heavy (non-hydrogen) atoms. The number of hydrogen-bond donors (Lipinski definition) is 1. The Hall–Kier alpha value is -2.38. The van der Waals surface area contributed by atoms with Crippen molar-refractivity contribution in [2.24, 2.45) is 5.92 Å². The van der Waals surface area contributed by atoms with Gasteiger partial charge in [-0.3, -0.25) is 4.79 Å². The number of nitrogens with zero attached hydrogens (tertiary/aromatic N) is 1. The van der Waals surface area contributed by atoms with Gasteiger partial charge in [0, 0.05) is 48.9 Å². The van der Waals surface area contributed by atoms with Gasteiger partial charge >= 0.3 is 5.97 Å². The summed E-state index contributed by atoms with van der Waals surface area (Å²) in [6.45, 7) is 17.1. The summed E-state index contributed by atoms with van der Waals surface area (Å²) in [6, 6.07) is 8.17. The highest BCUT2D eigenvalue weighted by molar-refractivity contribution is 6.74. The molecular formula is C27H42N2O4Si. The monoisotopic (exact) mass is 486 g/mol. The molecule has 0 unspecified atom stereocenters. The summed E-state index contributed by atoms with van der Waals surface area (Å²) in [4.78, 5) is 30.0. The Morgan fingerprint density at radius 1 is 1.15 bits per heavy atom. The third-order valence-corrected chi connectivity index (χ3v) is 11.3. The molecular weight excluding hydrogens is 444 g/mol. The number of hydrogen-bond acceptors (Lipinski definition) is 4. The molecule has 1 atom stereocenters. The third-order valence-electron chi connectivity index (χ3n) is 6.83. The number of aromatic nitrogens is 1. The van der Waals surface area contributed by atoms with E-state index in [2.05, 4.69) is 57.9 Å². The Morgan fingerprint density at radius 2 is 1.85 bits per heavy atom. The number of amides is 1. The number of nitrogens with one attached hydrogen (secondary N) is 1. The van der Waals surface area contributed by atoms with Crippen LogP contribution in [-0.4, -0.2) is 56.4 Å². The van der Waals surface area contributed by atoms with Crippen molar-refractivity contribution in [3.63, 3.8) is 0 Å². The van der Waals surface area contributed by atoms with Crippen molar-refractivity contribution in [2.45, 2.75) is 65.6 Å². The van der Waals surface area contributed by atoms with Crippen LogP contribution < -0.4 is 0 Å². The molecule has 0 fully saturated rings. The van der Waals surface area contributed by atoms with Gasteiger partial charge in [0.15, 0.2) is 8.32 Å². The number of carbonyl (C=O) groups excluding carboxylic acids is 2. The van der Waals surface area contributed by atoms with E-state index in [1.807, 2.05) is 23.2 Å². The number of rotatable bonds is 12. The summed E-state index contributed by atoms with van der Waals surface area (Å²) in [5, 5.41) is 1.31. The second-order valence-corrected chi connectivity index (χ2v) is 15.1. The van der Waals surface area contributed by atoms with Crippen molar-refractivity contribution in [3.8, 4) is 0 Å². The first-order valence-electron chi connectivity index (χ1n) is 12.3. The highest BCUT2D eigenvalue weighted by atomic mass is 28.4. The van der Waals surface area contributed by atoms with Crippen molar-refractivity contribution in [1.82, 2.24) is 9.88 Å². The van der Waals surface area contributed by atoms with E-state index >= 15 is 0 Å². The molecule has 2 rings (SSSR count). The van der Waals surface area contributed by atoms with Gasteiger partial charge in [0.05, 0.1) is 6.61 Å². The molecule has 0 aliphatic heterocycles. The number of ether oxygens (including phenoxy) is 1. The van der Waals surface area contributed by atoms with Gasteiger partial charge in [-0.2, -0.15) is 0 Å². The molecule has 0 saturated heterocycles. The first-order valence-corrected chi connectivity index (χ1v) is 15.2. The maximum absolute atomic E-state index is 13.1. The first-order chi connectivity index (χ1) is 16.0. The minimum atomic E-state index is -1.88. The van der Waals surface area contributed by atoms with Gasteiger partial charge in [0.1, 0.15) is 0 Å². The lowest BCUT2D eigenvalue weighted by Gasteiger charge is -2.38. The van der Waals surface area contributed by atoms with E-state index in [0.717, 1.165) is 18.4 Å². The van der Waals surface area contributed by atoms with Crippen LogP contribution in [0.5, 0.6) is 0 Å². The summed E-state index contributed by atoms with van der Waals surface area (Å²) in [5.41, 5.74) is 2.26. The summed E-state index contributed by atoms with van der Waals surface area (Å²) in [7, 11) is -1.88. The maximum atomic E-state index is 13.1. The lowest BCUT2D eigenvalue weighted by molar-refractivity contribution is -0.137. The van der Waals surface area contributed by atoms with Crippen LogP contribution in [0.1, 0.15) is 46.6 Å². The fourth-order valence-electron chi connectivity index (χ4n) is 3.47. The van der Waals surface area contributed by atoms with Crippen LogP contribution in [0.3, 0.4) is 0 Å². The predicted octanol–water partition coefficient (Wildman–Crippen LogP) is 5.71. The van der Waals surface area contributed by atoms with E-state index in [-0.39, 0.29) is 23.5 Å². The molecule has 2 aromatic rings. The van der Waals surface area contributed by atoms with Gasteiger partial charge in [-0.1, -0.05) is 45.9 Å². The van der Waals surface area contributed by atoms with Crippen molar-refractivity contribution < 1.29 is 18.8 Å². The average molecular weight is 487 g/mol. The van der Waals surface area contributed by atoms with Gasteiger partial charge in [-0.25, -0.2) is 4.79 Å². The summed E-state index contributed by atoms with van der Waals surface area (Å²) >= 11 is 0. The molecule has 1 N–H and O–H groups in total. The first kappa shape index (κ1) is 27.9. The number of aromatic amines is 1. The van der Waals surface area contributed by atoms with E-state index in [9.17, 15) is 9.59 Å². The van der Waals surface area contributed by atoms with Crippen molar-refractivity contribution in [2.75, 3.05) is 26.3 Å². The van der Waals surface area contributed by atoms with Gasteiger partial charge in [-0.05, 0) is 55.4 Å². The molecule has 1 aromatic heterocycles. The molecule has 0 aliphatic carbocycles. The Kier molecular flexibility index (Phi) is 10.1. The predicted molar refractivity (Wildman–Crippen MR) is 141 cm³/mol. The molecule has 188 valence electrons. The summed E-state index contributed by atoms with van der Waals surface area (Å²) in [6.07, 6.45) is 6.20. The number of esters is 1. The van der Waals surface area contributed by atoms with Crippen LogP contribution in [0.2, 0.25) is 18.1 Å². The highest BCUT2D eigenvalue weighted by Gasteiger charge is 2.37. The highest BCUT2D eigenvalue weighted by Crippen LogP contribution is 2.37. The van der Waals surface area contributed by atoms with E-state index in [1.54, 1.807) is 6.92 Å². The van der Waals surface area contributed by atoms with Crippen LogP contribution in [0.15, 0.2) is 42.6 Å². The zero-order chi connectivity index (χ0) is 25.4. The van der Waals surface area contributed by atoms with Gasteiger partial charge < -0.3 is 19.0 Å². The van der Waals surface area contributed by atoms with E-state index in [1.165, 1.54) is 23.1 Å². The lowest BCUT2D eigenvalue weighted by Crippen LogP contribution is -2.43. The number of benzene rings is 1. The van der Waals surface area contributed by atoms with E-state index in [0.29, 0.717) is 19.7 Å². The van der Waals surface area contributed by atoms with Crippen LogP contribution >= 0.6 is 0 Å². The number of fused-ring (bicyclic) bond motifs is 1. The van der Waals surface area contributed by atoms with Crippen LogP contribution in [-0.2, 0) is 25.2 Å². The second-order valence-electron chi connectivity index (χ2n) is 10.3. The molecule has 0 aliphatic rings. The Balaban J connectivity index is 2.14. The molecule has 0 spiro atoms. The fraction of sp³-hybridized carbons (Fsp3) is 0.556. The van der Waals surface area contributed by atoms with E-state index < -0.39 is 14.3 Å². The van der Waals surface area contributed by atoms with Crippen molar-refractivity contribution >= 4 is 31.1 Å². The lowest BCUT2D eigenvalue weighted by atomic mass is 10.1. The summed E-state index contributed by atoms with van der Waals surface area (Å²) < 4.78 is 11.4. The second kappa shape index (κ2) is 12.4. The zero-order valence-electron chi connectivity index (χ0n) is 21.9. The Morgan fingerprint density at radius 3 is 2.50 bits per heavy atom. The smallest absolute Gasteiger partial charge is 0.330 e. The standard InChI is InChI=1S/C27H42N2O4Si/c1-8-21(20-33-34(6,7)27(3,4)5)19-29(25(30)14-15-26(31)32-9-2)17-16-22-18-28-24-13-11-10-12-23(22)24/h10-15,18,21,28H,8-9,16-17,19-20H2,1-7H3/b15-14+/t21-/m0/s1. The largest absolute Gasteiger partial charge is 0.463 e. The molecule has 0 saturated carbocycles. The normalized spacial score (nSPS) is 13.4. The quantitative estimate of drug-likeness (QED) is 0.237. The average Bonchev–Trinajstić information content (AvgIpc) is 3.19. The molecule has 0 bridgehead atoms. The molecule has 6 nitrogen and oxygen atoms in total. The molecule has 1 amide bonds. The summed E-state index contributed by atoms with van der Waals surface area (Å²) in [5.74, 6) is -0.462. The van der Waals surface area contributed by atoms with Crippen LogP contribution in [0.25, 0.3) is 10.9 Å². The molecule has 7 heteroatoms. The van der Waals surface area contributed by atoms with Crippen LogP contribution in [0, 0.1) is 5.92 Å². The maximum Gasteiger partial charge on any atom is 0.330 e. The number of carbonyl (C=O) groups is 2. The minimum Gasteiger partial charge on any atom is -0.463 e. The van der Waals surface area contributed by atoms with Crippen molar-refractivity contribution in [1.29, 1.82) is 0 Å². The van der Waals surface area contributed by atoms with Crippen LogP contribution in [0.4, 0.5) is 0 Å². The molecule has 0 radical (unpaired) electrons. The molecule has 1 heterocycles. The van der Waals surface area contributed by atoms with Crippen molar-refractivity contribution in [3.05, 3.63) is 48.2 Å².